The smallest absolute Gasteiger partial charge is 0.101 e. The maximum Gasteiger partial charge on any atom is 0.101 e. The Bertz CT molecular complexity index is 450. The lowest BCUT2D eigenvalue weighted by Gasteiger charge is -2.29. The molecule has 0 radical (unpaired) electrons. The van der Waals surface area contributed by atoms with E-state index in [4.69, 9.17) is 10.00 Å². The first-order chi connectivity index (χ1) is 8.70. The van der Waals surface area contributed by atoms with Crippen molar-refractivity contribution >= 4 is 21.6 Å². The van der Waals surface area contributed by atoms with E-state index in [-0.39, 0.29) is 0 Å². The van der Waals surface area contributed by atoms with Gasteiger partial charge in [0.1, 0.15) is 6.07 Å². The molecule has 0 bridgehead atoms. The predicted octanol–water partition coefficient (Wildman–Crippen LogP) is 3.18. The summed E-state index contributed by atoms with van der Waals surface area (Å²) in [5.41, 5.74) is 1.70. The molecule has 1 unspecified atom stereocenters. The van der Waals surface area contributed by atoms with Crippen LogP contribution in [0.3, 0.4) is 0 Å². The van der Waals surface area contributed by atoms with Gasteiger partial charge < -0.3 is 9.64 Å². The molecule has 18 heavy (non-hydrogen) atoms. The summed E-state index contributed by atoms with van der Waals surface area (Å²) in [5.74, 6) is 0.564. The van der Waals surface area contributed by atoms with Crippen LogP contribution in [0.15, 0.2) is 22.7 Å². The standard InChI is InChI=1S/C14H17BrN2O/c1-17(9-11-3-2-6-18-10-11)14-7-13(15)5-4-12(14)8-16/h4-5,7,11H,2-3,6,9-10H2,1H3. The van der Waals surface area contributed by atoms with Gasteiger partial charge in [-0.05, 0) is 37.0 Å². The first-order valence-corrected chi connectivity index (χ1v) is 6.98. The molecule has 1 aliphatic heterocycles. The molecule has 0 N–H and O–H groups in total. The Morgan fingerprint density at radius 3 is 3.06 bits per heavy atom. The molecule has 1 saturated heterocycles. The number of ether oxygens (including phenoxy) is 1. The summed E-state index contributed by atoms with van der Waals surface area (Å²) in [6, 6.07) is 8.01. The minimum absolute atomic E-state index is 0.564. The van der Waals surface area contributed by atoms with Gasteiger partial charge in [0.2, 0.25) is 0 Å². The predicted molar refractivity (Wildman–Crippen MR) is 75.7 cm³/mol. The Morgan fingerprint density at radius 1 is 1.56 bits per heavy atom. The third-order valence-electron chi connectivity index (χ3n) is 3.28. The van der Waals surface area contributed by atoms with E-state index in [1.54, 1.807) is 0 Å². The Hall–Kier alpha value is -1.05. The number of hydrogen-bond acceptors (Lipinski definition) is 3. The van der Waals surface area contributed by atoms with Crippen LogP contribution in [0, 0.1) is 17.2 Å². The summed E-state index contributed by atoms with van der Waals surface area (Å²) in [6.07, 6.45) is 2.35. The van der Waals surface area contributed by atoms with Crippen LogP contribution in [0.4, 0.5) is 5.69 Å². The number of rotatable bonds is 3. The van der Waals surface area contributed by atoms with E-state index in [0.29, 0.717) is 5.92 Å². The summed E-state index contributed by atoms with van der Waals surface area (Å²) in [5, 5.41) is 9.15. The van der Waals surface area contributed by atoms with Crippen molar-refractivity contribution in [3.63, 3.8) is 0 Å². The molecule has 0 aliphatic carbocycles. The topological polar surface area (TPSA) is 36.3 Å². The van der Waals surface area contributed by atoms with E-state index in [9.17, 15) is 0 Å². The minimum atomic E-state index is 0.564. The van der Waals surface area contributed by atoms with Crippen molar-refractivity contribution in [3.8, 4) is 6.07 Å². The fraction of sp³-hybridized carbons (Fsp3) is 0.500. The van der Waals surface area contributed by atoms with E-state index in [2.05, 4.69) is 26.9 Å². The summed E-state index contributed by atoms with van der Waals surface area (Å²) < 4.78 is 6.50. The van der Waals surface area contributed by atoms with Crippen molar-refractivity contribution < 1.29 is 4.74 Å². The average molecular weight is 309 g/mol. The summed E-state index contributed by atoms with van der Waals surface area (Å²) in [4.78, 5) is 2.16. The molecular formula is C14H17BrN2O. The lowest BCUT2D eigenvalue weighted by atomic mass is 10.0. The highest BCUT2D eigenvalue weighted by atomic mass is 79.9. The number of benzene rings is 1. The van der Waals surface area contributed by atoms with Gasteiger partial charge >= 0.3 is 0 Å². The molecule has 0 aromatic heterocycles. The minimum Gasteiger partial charge on any atom is -0.381 e. The van der Waals surface area contributed by atoms with Crippen LogP contribution in [0.5, 0.6) is 0 Å². The SMILES string of the molecule is CN(CC1CCCOC1)c1cc(Br)ccc1C#N. The molecule has 3 nitrogen and oxygen atoms in total. The first-order valence-electron chi connectivity index (χ1n) is 6.19. The second kappa shape index (κ2) is 6.21. The average Bonchev–Trinajstić information content (AvgIpc) is 2.40. The van der Waals surface area contributed by atoms with Crippen LogP contribution in [0.1, 0.15) is 18.4 Å². The van der Waals surface area contributed by atoms with Gasteiger partial charge in [0.15, 0.2) is 0 Å². The fourth-order valence-corrected chi connectivity index (χ4v) is 2.70. The van der Waals surface area contributed by atoms with Gasteiger partial charge in [-0.2, -0.15) is 5.26 Å². The van der Waals surface area contributed by atoms with Crippen LogP contribution < -0.4 is 4.90 Å². The Labute approximate surface area is 116 Å². The quantitative estimate of drug-likeness (QED) is 0.860. The van der Waals surface area contributed by atoms with Gasteiger partial charge in [0, 0.05) is 24.7 Å². The fourth-order valence-electron chi connectivity index (χ4n) is 2.35. The molecule has 2 rings (SSSR count). The van der Waals surface area contributed by atoms with Crippen molar-refractivity contribution in [2.75, 3.05) is 31.7 Å². The van der Waals surface area contributed by atoms with Crippen LogP contribution in [0.25, 0.3) is 0 Å². The van der Waals surface area contributed by atoms with Gasteiger partial charge in [-0.3, -0.25) is 0 Å². The van der Waals surface area contributed by atoms with Gasteiger partial charge in [0.05, 0.1) is 17.9 Å². The second-order valence-corrected chi connectivity index (χ2v) is 5.65. The lowest BCUT2D eigenvalue weighted by molar-refractivity contribution is 0.0576. The van der Waals surface area contributed by atoms with Crippen molar-refractivity contribution in [2.45, 2.75) is 12.8 Å². The summed E-state index contributed by atoms with van der Waals surface area (Å²) >= 11 is 3.46. The van der Waals surface area contributed by atoms with E-state index in [0.717, 1.165) is 41.9 Å². The zero-order valence-electron chi connectivity index (χ0n) is 10.5. The number of anilines is 1. The highest BCUT2D eigenvalue weighted by Crippen LogP contribution is 2.25. The maximum absolute atomic E-state index is 9.15. The molecule has 1 aliphatic rings. The number of hydrogen-bond donors (Lipinski definition) is 0. The third kappa shape index (κ3) is 3.24. The molecule has 0 spiro atoms. The maximum atomic E-state index is 9.15. The van der Waals surface area contributed by atoms with Crippen molar-refractivity contribution in [2.24, 2.45) is 5.92 Å². The van der Waals surface area contributed by atoms with E-state index in [1.807, 2.05) is 25.2 Å². The zero-order valence-corrected chi connectivity index (χ0v) is 12.1. The molecule has 1 fully saturated rings. The second-order valence-electron chi connectivity index (χ2n) is 4.74. The molecule has 96 valence electrons. The Balaban J connectivity index is 2.10. The third-order valence-corrected chi connectivity index (χ3v) is 3.77. The molecule has 4 heteroatoms. The number of nitriles is 1. The molecule has 1 aromatic carbocycles. The number of nitrogens with zero attached hydrogens (tertiary/aromatic N) is 2. The van der Waals surface area contributed by atoms with Gasteiger partial charge in [-0.25, -0.2) is 0 Å². The molecular weight excluding hydrogens is 292 g/mol. The van der Waals surface area contributed by atoms with Crippen molar-refractivity contribution in [1.82, 2.24) is 0 Å². The number of halogens is 1. The van der Waals surface area contributed by atoms with Gasteiger partial charge in [0.25, 0.3) is 0 Å². The molecule has 1 aromatic rings. The van der Waals surface area contributed by atoms with E-state index in [1.165, 1.54) is 6.42 Å². The highest BCUT2D eigenvalue weighted by molar-refractivity contribution is 9.10. The monoisotopic (exact) mass is 308 g/mol. The Kier molecular flexibility index (Phi) is 4.62. The van der Waals surface area contributed by atoms with E-state index >= 15 is 0 Å². The van der Waals surface area contributed by atoms with Crippen molar-refractivity contribution in [3.05, 3.63) is 28.2 Å². The highest BCUT2D eigenvalue weighted by Gasteiger charge is 2.17. The molecule has 1 heterocycles. The van der Waals surface area contributed by atoms with Crippen molar-refractivity contribution in [1.29, 1.82) is 5.26 Å². The van der Waals surface area contributed by atoms with Crippen LogP contribution in [0.2, 0.25) is 0 Å². The zero-order chi connectivity index (χ0) is 13.0. The molecule has 1 atom stereocenters. The van der Waals surface area contributed by atoms with E-state index < -0.39 is 0 Å². The summed E-state index contributed by atoms with van der Waals surface area (Å²) in [6.45, 7) is 2.66. The molecule has 0 saturated carbocycles. The first kappa shape index (κ1) is 13.4. The van der Waals surface area contributed by atoms with Gasteiger partial charge in [-0.1, -0.05) is 15.9 Å². The summed E-state index contributed by atoms with van der Waals surface area (Å²) in [7, 11) is 2.04. The van der Waals surface area contributed by atoms with Crippen LogP contribution in [-0.2, 0) is 4.74 Å². The van der Waals surface area contributed by atoms with Crippen LogP contribution >= 0.6 is 15.9 Å². The lowest BCUT2D eigenvalue weighted by Crippen LogP contribution is -2.31. The largest absolute Gasteiger partial charge is 0.381 e. The Morgan fingerprint density at radius 2 is 2.39 bits per heavy atom. The van der Waals surface area contributed by atoms with Gasteiger partial charge in [-0.15, -0.1) is 0 Å². The van der Waals surface area contributed by atoms with Crippen LogP contribution in [-0.4, -0.2) is 26.8 Å². The molecule has 0 amide bonds. The normalized spacial score (nSPS) is 19.3.